The van der Waals surface area contributed by atoms with E-state index in [9.17, 15) is 17.6 Å². The molecular formula is C18H18ClFN2O3S. The summed E-state index contributed by atoms with van der Waals surface area (Å²) in [5.41, 5.74) is 1.55. The van der Waals surface area contributed by atoms with Gasteiger partial charge in [-0.25, -0.2) is 12.8 Å². The number of halogens is 2. The third kappa shape index (κ3) is 3.34. The standard InChI is InChI=1S/C18H18ClFN2O3S/c1-12-3-4-14(19)11-17(12)21-9-10-22(13(2)18(21)23)26(24,25)16-7-5-15(20)6-8-16/h3-8,11,13H,9-10H2,1-2H3/t13-/m1/s1. The Labute approximate surface area is 157 Å². The smallest absolute Gasteiger partial charge is 0.245 e. The number of benzene rings is 2. The Balaban J connectivity index is 1.90. The number of sulfonamides is 1. The highest BCUT2D eigenvalue weighted by molar-refractivity contribution is 7.89. The molecule has 1 atom stereocenters. The monoisotopic (exact) mass is 396 g/mol. The van der Waals surface area contributed by atoms with E-state index in [-0.39, 0.29) is 23.9 Å². The van der Waals surface area contributed by atoms with Crippen molar-refractivity contribution in [2.24, 2.45) is 0 Å². The first kappa shape index (κ1) is 18.8. The van der Waals surface area contributed by atoms with Crippen LogP contribution in [0.25, 0.3) is 0 Å². The fourth-order valence-corrected chi connectivity index (χ4v) is 4.78. The number of carbonyl (C=O) groups excluding carboxylic acids is 1. The normalized spacial score (nSPS) is 19.0. The highest BCUT2D eigenvalue weighted by atomic mass is 35.5. The number of carbonyl (C=O) groups is 1. The van der Waals surface area contributed by atoms with Gasteiger partial charge in [-0.1, -0.05) is 17.7 Å². The van der Waals surface area contributed by atoms with E-state index in [1.807, 2.05) is 13.0 Å². The molecule has 0 bridgehead atoms. The fourth-order valence-electron chi connectivity index (χ4n) is 3.03. The quantitative estimate of drug-likeness (QED) is 0.800. The highest BCUT2D eigenvalue weighted by Crippen LogP contribution is 2.29. The van der Waals surface area contributed by atoms with E-state index < -0.39 is 21.9 Å². The molecule has 0 N–H and O–H groups in total. The second-order valence-corrected chi connectivity index (χ2v) is 8.49. The first-order valence-electron chi connectivity index (χ1n) is 8.07. The Morgan fingerprint density at radius 2 is 1.77 bits per heavy atom. The van der Waals surface area contributed by atoms with Crippen LogP contribution in [0.2, 0.25) is 5.02 Å². The van der Waals surface area contributed by atoms with Gasteiger partial charge in [0.1, 0.15) is 11.9 Å². The molecule has 0 aromatic heterocycles. The lowest BCUT2D eigenvalue weighted by Crippen LogP contribution is -2.57. The Morgan fingerprint density at radius 3 is 2.42 bits per heavy atom. The van der Waals surface area contributed by atoms with E-state index >= 15 is 0 Å². The predicted octanol–water partition coefficient (Wildman–Crippen LogP) is 3.21. The van der Waals surface area contributed by atoms with Crippen LogP contribution in [0.3, 0.4) is 0 Å². The number of hydrogen-bond donors (Lipinski definition) is 0. The van der Waals surface area contributed by atoms with Crippen LogP contribution in [0.4, 0.5) is 10.1 Å². The molecule has 3 rings (SSSR count). The summed E-state index contributed by atoms with van der Waals surface area (Å²) in [6, 6.07) is 8.96. The minimum atomic E-state index is -3.89. The molecule has 2 aromatic rings. The lowest BCUT2D eigenvalue weighted by Gasteiger charge is -2.38. The Bertz CT molecular complexity index is 947. The van der Waals surface area contributed by atoms with Crippen LogP contribution in [0.1, 0.15) is 12.5 Å². The van der Waals surface area contributed by atoms with Crippen molar-refractivity contribution >= 4 is 33.2 Å². The van der Waals surface area contributed by atoms with Crippen LogP contribution < -0.4 is 4.90 Å². The van der Waals surface area contributed by atoms with Crippen molar-refractivity contribution in [2.45, 2.75) is 24.8 Å². The second kappa shape index (κ2) is 6.98. The van der Waals surface area contributed by atoms with Crippen molar-refractivity contribution in [3.63, 3.8) is 0 Å². The molecule has 1 heterocycles. The SMILES string of the molecule is Cc1ccc(Cl)cc1N1CCN(S(=O)(=O)c2ccc(F)cc2)[C@H](C)C1=O. The van der Waals surface area contributed by atoms with Gasteiger partial charge in [0.2, 0.25) is 15.9 Å². The van der Waals surface area contributed by atoms with Crippen LogP contribution in [-0.2, 0) is 14.8 Å². The maximum absolute atomic E-state index is 13.1. The number of piperazine rings is 1. The first-order chi connectivity index (χ1) is 12.2. The minimum absolute atomic E-state index is 0.0362. The first-order valence-corrected chi connectivity index (χ1v) is 9.88. The Kier molecular flexibility index (Phi) is 5.05. The van der Waals surface area contributed by atoms with Gasteiger partial charge in [-0.05, 0) is 55.8 Å². The molecule has 1 aliphatic heterocycles. The second-order valence-electron chi connectivity index (χ2n) is 6.17. The average molecular weight is 397 g/mol. The van der Waals surface area contributed by atoms with E-state index in [2.05, 4.69) is 0 Å². The molecule has 0 unspecified atom stereocenters. The average Bonchev–Trinajstić information content (AvgIpc) is 2.60. The number of anilines is 1. The summed E-state index contributed by atoms with van der Waals surface area (Å²) in [5, 5.41) is 0.507. The third-order valence-electron chi connectivity index (χ3n) is 4.48. The molecule has 0 spiro atoms. The third-order valence-corrected chi connectivity index (χ3v) is 6.70. The molecule has 1 amide bonds. The van der Waals surface area contributed by atoms with Crippen molar-refractivity contribution in [1.29, 1.82) is 0 Å². The number of amides is 1. The van der Waals surface area contributed by atoms with Crippen molar-refractivity contribution < 1.29 is 17.6 Å². The largest absolute Gasteiger partial charge is 0.309 e. The van der Waals surface area contributed by atoms with Crippen LogP contribution in [0.15, 0.2) is 47.4 Å². The molecule has 26 heavy (non-hydrogen) atoms. The number of hydrogen-bond acceptors (Lipinski definition) is 3. The maximum atomic E-state index is 13.1. The van der Waals surface area contributed by atoms with Gasteiger partial charge in [0.15, 0.2) is 0 Å². The maximum Gasteiger partial charge on any atom is 0.245 e. The molecule has 138 valence electrons. The van der Waals surface area contributed by atoms with Crippen LogP contribution >= 0.6 is 11.6 Å². The molecule has 1 fully saturated rings. The molecule has 0 aliphatic carbocycles. The molecule has 1 saturated heterocycles. The summed E-state index contributed by atoms with van der Waals surface area (Å²) in [6.45, 7) is 3.77. The van der Waals surface area contributed by atoms with Gasteiger partial charge in [0, 0.05) is 23.8 Å². The lowest BCUT2D eigenvalue weighted by atomic mass is 10.1. The van der Waals surface area contributed by atoms with Gasteiger partial charge in [-0.2, -0.15) is 4.31 Å². The summed E-state index contributed by atoms with van der Waals surface area (Å²) in [6.07, 6.45) is 0. The summed E-state index contributed by atoms with van der Waals surface area (Å²) in [4.78, 5) is 14.4. The molecule has 5 nitrogen and oxygen atoms in total. The molecule has 8 heteroatoms. The summed E-state index contributed by atoms with van der Waals surface area (Å²) >= 11 is 6.04. The zero-order valence-corrected chi connectivity index (χ0v) is 15.9. The minimum Gasteiger partial charge on any atom is -0.309 e. The van der Waals surface area contributed by atoms with Crippen LogP contribution in [0.5, 0.6) is 0 Å². The van der Waals surface area contributed by atoms with E-state index in [1.54, 1.807) is 24.0 Å². The predicted molar refractivity (Wildman–Crippen MR) is 98.3 cm³/mol. The van der Waals surface area contributed by atoms with Gasteiger partial charge in [0.05, 0.1) is 4.90 Å². The Morgan fingerprint density at radius 1 is 1.12 bits per heavy atom. The highest BCUT2D eigenvalue weighted by Gasteiger charge is 2.39. The van der Waals surface area contributed by atoms with E-state index in [0.29, 0.717) is 10.7 Å². The van der Waals surface area contributed by atoms with Crippen molar-refractivity contribution in [3.05, 3.63) is 58.9 Å². The summed E-state index contributed by atoms with van der Waals surface area (Å²) in [5.74, 6) is -0.846. The van der Waals surface area contributed by atoms with Crippen LogP contribution in [0, 0.1) is 12.7 Å². The van der Waals surface area contributed by atoms with Gasteiger partial charge in [-0.3, -0.25) is 4.79 Å². The van der Waals surface area contributed by atoms with Gasteiger partial charge >= 0.3 is 0 Å². The lowest BCUT2D eigenvalue weighted by molar-refractivity contribution is -0.123. The van der Waals surface area contributed by atoms with E-state index in [1.165, 1.54) is 12.1 Å². The van der Waals surface area contributed by atoms with E-state index in [4.69, 9.17) is 11.6 Å². The van der Waals surface area contributed by atoms with Crippen LogP contribution in [-0.4, -0.2) is 37.8 Å². The molecular weight excluding hydrogens is 379 g/mol. The van der Waals surface area contributed by atoms with Gasteiger partial charge in [-0.15, -0.1) is 0 Å². The number of nitrogens with zero attached hydrogens (tertiary/aromatic N) is 2. The molecule has 2 aromatic carbocycles. The fraction of sp³-hybridized carbons (Fsp3) is 0.278. The molecule has 0 saturated carbocycles. The Hall–Kier alpha value is -1.96. The van der Waals surface area contributed by atoms with Crippen molar-refractivity contribution in [2.75, 3.05) is 18.0 Å². The zero-order chi connectivity index (χ0) is 19.1. The topological polar surface area (TPSA) is 57.7 Å². The van der Waals surface area contributed by atoms with Crippen molar-refractivity contribution in [3.8, 4) is 0 Å². The summed E-state index contributed by atoms with van der Waals surface area (Å²) < 4.78 is 39.9. The molecule has 0 radical (unpaired) electrons. The van der Waals surface area contributed by atoms with Gasteiger partial charge < -0.3 is 4.90 Å². The van der Waals surface area contributed by atoms with Crippen molar-refractivity contribution in [1.82, 2.24) is 4.31 Å². The van der Waals surface area contributed by atoms with Gasteiger partial charge in [0.25, 0.3) is 0 Å². The zero-order valence-electron chi connectivity index (χ0n) is 14.3. The van der Waals surface area contributed by atoms with E-state index in [0.717, 1.165) is 22.0 Å². The molecule has 1 aliphatic rings. The number of aryl methyl sites for hydroxylation is 1. The number of rotatable bonds is 3. The summed E-state index contributed by atoms with van der Waals surface area (Å²) in [7, 11) is -3.89.